The van der Waals surface area contributed by atoms with Gasteiger partial charge in [0.05, 0.1) is 11.8 Å². The lowest BCUT2D eigenvalue weighted by molar-refractivity contribution is 0.102. The molecule has 5 nitrogen and oxygen atoms in total. The molecular formula is C18H22N2O3. The maximum absolute atomic E-state index is 12.4. The Morgan fingerprint density at radius 3 is 2.78 bits per heavy atom. The molecule has 122 valence electrons. The number of aryl methyl sites for hydroxylation is 1. The van der Waals surface area contributed by atoms with Gasteiger partial charge in [-0.2, -0.15) is 0 Å². The highest BCUT2D eigenvalue weighted by atomic mass is 16.5. The Labute approximate surface area is 136 Å². The normalized spacial score (nSPS) is 17.0. The van der Waals surface area contributed by atoms with E-state index in [1.165, 1.54) is 0 Å². The van der Waals surface area contributed by atoms with Gasteiger partial charge in [0.1, 0.15) is 5.75 Å². The van der Waals surface area contributed by atoms with Gasteiger partial charge in [-0.25, -0.2) is 0 Å². The fourth-order valence-electron chi connectivity index (χ4n) is 2.81. The van der Waals surface area contributed by atoms with Crippen LogP contribution in [0.4, 0.5) is 5.88 Å². The molecule has 0 fully saturated rings. The number of carbonyl (C=O) groups is 1. The second-order valence-corrected chi connectivity index (χ2v) is 6.43. The third-order valence-corrected chi connectivity index (χ3v) is 4.01. The first-order valence-electron chi connectivity index (χ1n) is 8.08. The minimum absolute atomic E-state index is 0.109. The van der Waals surface area contributed by atoms with E-state index in [4.69, 9.17) is 9.26 Å². The van der Waals surface area contributed by atoms with E-state index in [9.17, 15) is 4.79 Å². The summed E-state index contributed by atoms with van der Waals surface area (Å²) in [5.74, 6) is 1.63. The maximum Gasteiger partial charge on any atom is 0.258 e. The Hall–Kier alpha value is -2.30. The van der Waals surface area contributed by atoms with Crippen LogP contribution in [-0.2, 0) is 12.8 Å². The molecule has 23 heavy (non-hydrogen) atoms. The summed E-state index contributed by atoms with van der Waals surface area (Å²) in [5, 5.41) is 6.91. The van der Waals surface area contributed by atoms with Crippen LogP contribution in [0, 0.1) is 5.92 Å². The molecule has 1 aromatic carbocycles. The summed E-state index contributed by atoms with van der Waals surface area (Å²) in [6.07, 6.45) is 3.04. The number of amides is 1. The molecule has 0 bridgehead atoms. The van der Waals surface area contributed by atoms with Crippen molar-refractivity contribution in [1.29, 1.82) is 0 Å². The topological polar surface area (TPSA) is 64.4 Å². The van der Waals surface area contributed by atoms with E-state index >= 15 is 0 Å². The Bertz CT molecular complexity index is 689. The van der Waals surface area contributed by atoms with Crippen molar-refractivity contribution in [2.24, 2.45) is 5.92 Å². The van der Waals surface area contributed by atoms with Crippen molar-refractivity contribution < 1.29 is 14.1 Å². The molecule has 0 aliphatic heterocycles. The minimum Gasteiger partial charge on any atom is -0.491 e. The lowest BCUT2D eigenvalue weighted by Crippen LogP contribution is -2.15. The third-order valence-electron chi connectivity index (χ3n) is 4.01. The van der Waals surface area contributed by atoms with Crippen molar-refractivity contribution in [3.05, 3.63) is 41.1 Å². The summed E-state index contributed by atoms with van der Waals surface area (Å²) in [6, 6.07) is 7.09. The number of nitrogens with zero attached hydrogens (tertiary/aromatic N) is 1. The van der Waals surface area contributed by atoms with Crippen LogP contribution < -0.4 is 10.1 Å². The molecule has 1 aliphatic carbocycles. The second-order valence-electron chi connectivity index (χ2n) is 6.43. The molecule has 1 aromatic heterocycles. The maximum atomic E-state index is 12.4. The number of anilines is 1. The zero-order valence-corrected chi connectivity index (χ0v) is 13.8. The molecule has 0 unspecified atom stereocenters. The van der Waals surface area contributed by atoms with Gasteiger partial charge in [0.25, 0.3) is 5.91 Å². The molecule has 3 rings (SSSR count). The molecule has 0 saturated carbocycles. The van der Waals surface area contributed by atoms with Crippen LogP contribution in [0.25, 0.3) is 0 Å². The molecule has 1 atom stereocenters. The fourth-order valence-corrected chi connectivity index (χ4v) is 2.81. The Morgan fingerprint density at radius 1 is 1.35 bits per heavy atom. The van der Waals surface area contributed by atoms with E-state index in [0.717, 1.165) is 36.3 Å². The van der Waals surface area contributed by atoms with Crippen molar-refractivity contribution in [3.63, 3.8) is 0 Å². The van der Waals surface area contributed by atoms with E-state index < -0.39 is 0 Å². The van der Waals surface area contributed by atoms with Crippen LogP contribution >= 0.6 is 0 Å². The SMILES string of the molecule is CC(C)Oc1ccc(C(=O)Nc2onc3c2C[C@H](C)CC3)cc1. The van der Waals surface area contributed by atoms with E-state index in [1.54, 1.807) is 24.3 Å². The van der Waals surface area contributed by atoms with Crippen LogP contribution in [0.1, 0.15) is 48.8 Å². The molecular weight excluding hydrogens is 292 g/mol. The van der Waals surface area contributed by atoms with Crippen molar-refractivity contribution in [2.75, 3.05) is 5.32 Å². The van der Waals surface area contributed by atoms with Crippen LogP contribution in [-0.4, -0.2) is 17.2 Å². The molecule has 0 saturated heterocycles. The summed E-state index contributed by atoms with van der Waals surface area (Å²) < 4.78 is 10.9. The van der Waals surface area contributed by atoms with Gasteiger partial charge in [0.2, 0.25) is 5.88 Å². The predicted molar refractivity (Wildman–Crippen MR) is 87.9 cm³/mol. The first-order valence-corrected chi connectivity index (χ1v) is 8.08. The monoisotopic (exact) mass is 314 g/mol. The summed E-state index contributed by atoms with van der Waals surface area (Å²) in [5.41, 5.74) is 2.58. The van der Waals surface area contributed by atoms with Crippen molar-refractivity contribution in [2.45, 2.75) is 46.1 Å². The molecule has 1 aliphatic rings. The molecule has 1 heterocycles. The number of carbonyl (C=O) groups excluding carboxylic acids is 1. The Kier molecular flexibility index (Phi) is 4.37. The largest absolute Gasteiger partial charge is 0.491 e. The van der Waals surface area contributed by atoms with Gasteiger partial charge in [-0.3, -0.25) is 10.1 Å². The summed E-state index contributed by atoms with van der Waals surface area (Å²) in [4.78, 5) is 12.4. The van der Waals surface area contributed by atoms with Crippen molar-refractivity contribution in [1.82, 2.24) is 5.16 Å². The Balaban J connectivity index is 1.71. The van der Waals surface area contributed by atoms with Crippen LogP contribution in [0.3, 0.4) is 0 Å². The number of fused-ring (bicyclic) bond motifs is 1. The zero-order chi connectivity index (χ0) is 16.4. The number of nitrogens with one attached hydrogen (secondary N) is 1. The second kappa shape index (κ2) is 6.44. The fraction of sp³-hybridized carbons (Fsp3) is 0.444. The number of benzene rings is 1. The molecule has 2 aromatic rings. The smallest absolute Gasteiger partial charge is 0.258 e. The highest BCUT2D eigenvalue weighted by Gasteiger charge is 2.24. The average molecular weight is 314 g/mol. The highest BCUT2D eigenvalue weighted by molar-refractivity contribution is 6.04. The summed E-state index contributed by atoms with van der Waals surface area (Å²) in [7, 11) is 0. The van der Waals surface area contributed by atoms with Gasteiger partial charge in [0, 0.05) is 11.1 Å². The summed E-state index contributed by atoms with van der Waals surface area (Å²) in [6.45, 7) is 6.14. The quantitative estimate of drug-likeness (QED) is 0.931. The lowest BCUT2D eigenvalue weighted by Gasteiger charge is -2.16. The van der Waals surface area contributed by atoms with Gasteiger partial charge >= 0.3 is 0 Å². The lowest BCUT2D eigenvalue weighted by atomic mass is 9.89. The standard InChI is InChI=1S/C18H22N2O3/c1-11(2)22-14-7-5-13(6-8-14)17(21)19-18-15-10-12(3)4-9-16(15)20-23-18/h5-8,11-12H,4,9-10H2,1-3H3,(H,19,21)/t12-/m1/s1. The number of aromatic nitrogens is 1. The predicted octanol–water partition coefficient (Wildman–Crippen LogP) is 3.84. The van der Waals surface area contributed by atoms with Gasteiger partial charge < -0.3 is 9.26 Å². The number of rotatable bonds is 4. The number of hydrogen-bond donors (Lipinski definition) is 1. The first-order chi connectivity index (χ1) is 11.0. The van der Waals surface area contributed by atoms with Gasteiger partial charge in [-0.1, -0.05) is 12.1 Å². The van der Waals surface area contributed by atoms with Crippen LogP contribution in [0.15, 0.2) is 28.8 Å². The Morgan fingerprint density at radius 2 is 2.09 bits per heavy atom. The van der Waals surface area contributed by atoms with Crippen LogP contribution in [0.2, 0.25) is 0 Å². The first kappa shape index (κ1) is 15.6. The van der Waals surface area contributed by atoms with Crippen LogP contribution in [0.5, 0.6) is 5.75 Å². The number of hydrogen-bond acceptors (Lipinski definition) is 4. The van der Waals surface area contributed by atoms with E-state index in [2.05, 4.69) is 17.4 Å². The van der Waals surface area contributed by atoms with Gasteiger partial charge in [-0.15, -0.1) is 0 Å². The van der Waals surface area contributed by atoms with E-state index in [0.29, 0.717) is 17.4 Å². The molecule has 0 spiro atoms. The average Bonchev–Trinajstić information content (AvgIpc) is 2.89. The third kappa shape index (κ3) is 3.55. The number of ether oxygens (including phenoxy) is 1. The zero-order valence-electron chi connectivity index (χ0n) is 13.8. The highest BCUT2D eigenvalue weighted by Crippen LogP contribution is 2.30. The van der Waals surface area contributed by atoms with Crippen molar-refractivity contribution >= 4 is 11.8 Å². The molecule has 1 amide bonds. The van der Waals surface area contributed by atoms with Gasteiger partial charge in [0.15, 0.2) is 0 Å². The molecule has 0 radical (unpaired) electrons. The van der Waals surface area contributed by atoms with Crippen molar-refractivity contribution in [3.8, 4) is 5.75 Å². The van der Waals surface area contributed by atoms with E-state index in [1.807, 2.05) is 13.8 Å². The van der Waals surface area contributed by atoms with Gasteiger partial charge in [-0.05, 0) is 63.3 Å². The van der Waals surface area contributed by atoms with E-state index in [-0.39, 0.29) is 12.0 Å². The summed E-state index contributed by atoms with van der Waals surface area (Å²) >= 11 is 0. The molecule has 5 heteroatoms. The minimum atomic E-state index is -0.196. The molecule has 1 N–H and O–H groups in total.